The molecule has 0 aromatic heterocycles. The van der Waals surface area contributed by atoms with Gasteiger partial charge in [-0.05, 0) is 24.7 Å². The number of aliphatic carboxylic acids is 1. The molecular weight excluding hydrogens is 247 g/mol. The smallest absolute Gasteiger partial charge is 0.307 e. The third kappa shape index (κ3) is 3.73. The first-order chi connectivity index (χ1) is 8.31. The van der Waals surface area contributed by atoms with Crippen LogP contribution in [0.5, 0.6) is 0 Å². The van der Waals surface area contributed by atoms with Crippen molar-refractivity contribution in [1.82, 2.24) is 4.90 Å². The highest BCUT2D eigenvalue weighted by molar-refractivity contribution is 5.69. The molecule has 0 aliphatic carbocycles. The molecule has 0 bridgehead atoms. The summed E-state index contributed by atoms with van der Waals surface area (Å²) < 4.78 is 38.6. The molecule has 1 N–H and O–H groups in total. The molecule has 100 valence electrons. The highest BCUT2D eigenvalue weighted by Crippen LogP contribution is 2.15. The van der Waals surface area contributed by atoms with E-state index in [2.05, 4.69) is 0 Å². The number of carboxylic acids is 1. The first kappa shape index (κ1) is 14.5. The van der Waals surface area contributed by atoms with Gasteiger partial charge in [-0.15, -0.1) is 0 Å². The molecule has 0 fully saturated rings. The van der Waals surface area contributed by atoms with Gasteiger partial charge in [0.15, 0.2) is 17.5 Å². The summed E-state index contributed by atoms with van der Waals surface area (Å²) >= 11 is 0. The number of rotatable bonds is 5. The van der Waals surface area contributed by atoms with Crippen molar-refractivity contribution in [2.75, 3.05) is 13.6 Å². The predicted molar refractivity (Wildman–Crippen MR) is 59.4 cm³/mol. The second kappa shape index (κ2) is 5.86. The standard InChI is InChI=1S/C12H14F3NO2/c1-7(12(17)18)5-16(2)6-8-3-9(13)11(15)10(14)4-8/h3-4,7H,5-6H2,1-2H3,(H,17,18). The maximum atomic E-state index is 13.0. The quantitative estimate of drug-likeness (QED) is 0.826. The van der Waals surface area contributed by atoms with E-state index in [9.17, 15) is 18.0 Å². The van der Waals surface area contributed by atoms with Gasteiger partial charge in [-0.25, -0.2) is 13.2 Å². The third-order valence-electron chi connectivity index (χ3n) is 2.50. The number of halogens is 3. The Balaban J connectivity index is 2.70. The van der Waals surface area contributed by atoms with Crippen LogP contribution in [-0.4, -0.2) is 29.6 Å². The molecular formula is C12H14F3NO2. The molecule has 18 heavy (non-hydrogen) atoms. The van der Waals surface area contributed by atoms with Crippen molar-refractivity contribution in [2.24, 2.45) is 5.92 Å². The molecule has 3 nitrogen and oxygen atoms in total. The minimum atomic E-state index is -1.50. The lowest BCUT2D eigenvalue weighted by Crippen LogP contribution is -2.28. The Labute approximate surface area is 103 Å². The molecule has 0 heterocycles. The van der Waals surface area contributed by atoms with Crippen molar-refractivity contribution in [3.63, 3.8) is 0 Å². The van der Waals surface area contributed by atoms with E-state index < -0.39 is 29.3 Å². The average molecular weight is 261 g/mol. The van der Waals surface area contributed by atoms with E-state index in [0.717, 1.165) is 12.1 Å². The highest BCUT2D eigenvalue weighted by atomic mass is 19.2. The molecule has 0 aliphatic rings. The van der Waals surface area contributed by atoms with E-state index in [1.807, 2.05) is 0 Å². The number of nitrogens with zero attached hydrogens (tertiary/aromatic N) is 1. The molecule has 6 heteroatoms. The first-order valence-corrected chi connectivity index (χ1v) is 5.36. The zero-order valence-electron chi connectivity index (χ0n) is 10.1. The van der Waals surface area contributed by atoms with Crippen LogP contribution in [0.1, 0.15) is 12.5 Å². The highest BCUT2D eigenvalue weighted by Gasteiger charge is 2.15. The van der Waals surface area contributed by atoms with Gasteiger partial charge in [-0.2, -0.15) is 0 Å². The SMILES string of the molecule is CC(CN(C)Cc1cc(F)c(F)c(F)c1)C(=O)O. The fourth-order valence-electron chi connectivity index (χ4n) is 1.62. The topological polar surface area (TPSA) is 40.5 Å². The maximum absolute atomic E-state index is 13.0. The second-order valence-corrected chi connectivity index (χ2v) is 4.31. The van der Waals surface area contributed by atoms with E-state index >= 15 is 0 Å². The minimum absolute atomic E-state index is 0.145. The fraction of sp³-hybridized carbons (Fsp3) is 0.417. The zero-order chi connectivity index (χ0) is 13.9. The number of hydrogen-bond donors (Lipinski definition) is 1. The van der Waals surface area contributed by atoms with Crippen LogP contribution in [0.2, 0.25) is 0 Å². The zero-order valence-corrected chi connectivity index (χ0v) is 10.1. The third-order valence-corrected chi connectivity index (χ3v) is 2.50. The summed E-state index contributed by atoms with van der Waals surface area (Å²) in [5.74, 6) is -5.53. The summed E-state index contributed by atoms with van der Waals surface area (Å²) in [4.78, 5) is 12.2. The lowest BCUT2D eigenvalue weighted by Gasteiger charge is -2.19. The number of carbonyl (C=O) groups is 1. The lowest BCUT2D eigenvalue weighted by atomic mass is 10.1. The van der Waals surface area contributed by atoms with Crippen LogP contribution >= 0.6 is 0 Å². The number of hydrogen-bond acceptors (Lipinski definition) is 2. The first-order valence-electron chi connectivity index (χ1n) is 5.36. The van der Waals surface area contributed by atoms with Crippen LogP contribution in [-0.2, 0) is 11.3 Å². The van der Waals surface area contributed by atoms with E-state index in [1.54, 1.807) is 11.9 Å². The number of benzene rings is 1. The molecule has 1 rings (SSSR count). The summed E-state index contributed by atoms with van der Waals surface area (Å²) in [6.45, 7) is 1.91. The van der Waals surface area contributed by atoms with Gasteiger partial charge in [-0.1, -0.05) is 6.92 Å². The van der Waals surface area contributed by atoms with Gasteiger partial charge in [0.2, 0.25) is 0 Å². The van der Waals surface area contributed by atoms with Crippen LogP contribution in [0.15, 0.2) is 12.1 Å². The Kier molecular flexibility index (Phi) is 4.72. The Hall–Kier alpha value is -1.56. The summed E-state index contributed by atoms with van der Waals surface area (Å²) in [5.41, 5.74) is 0.256. The lowest BCUT2D eigenvalue weighted by molar-refractivity contribution is -0.141. The van der Waals surface area contributed by atoms with E-state index in [4.69, 9.17) is 5.11 Å². The van der Waals surface area contributed by atoms with Gasteiger partial charge in [0, 0.05) is 13.1 Å². The second-order valence-electron chi connectivity index (χ2n) is 4.31. The van der Waals surface area contributed by atoms with Crippen molar-refractivity contribution in [2.45, 2.75) is 13.5 Å². The summed E-state index contributed by atoms with van der Waals surface area (Å²) in [7, 11) is 1.62. The molecule has 1 aromatic rings. The molecule has 1 atom stereocenters. The monoisotopic (exact) mass is 261 g/mol. The van der Waals surface area contributed by atoms with Crippen LogP contribution < -0.4 is 0 Å². The van der Waals surface area contributed by atoms with Crippen molar-refractivity contribution in [3.05, 3.63) is 35.1 Å². The summed E-state index contributed by atoms with van der Waals surface area (Å²) in [6.07, 6.45) is 0. The Bertz CT molecular complexity index is 428. The van der Waals surface area contributed by atoms with E-state index in [1.165, 1.54) is 6.92 Å². The van der Waals surface area contributed by atoms with Crippen molar-refractivity contribution < 1.29 is 23.1 Å². The molecule has 0 aliphatic heterocycles. The summed E-state index contributed by atoms with van der Waals surface area (Å²) in [6, 6.07) is 1.81. The van der Waals surface area contributed by atoms with Gasteiger partial charge < -0.3 is 10.0 Å². The predicted octanol–water partition coefficient (Wildman–Crippen LogP) is 2.26. The molecule has 1 aromatic carbocycles. The summed E-state index contributed by atoms with van der Waals surface area (Å²) in [5, 5.41) is 8.73. The van der Waals surface area contributed by atoms with Crippen LogP contribution in [0.25, 0.3) is 0 Å². The molecule has 0 radical (unpaired) electrons. The largest absolute Gasteiger partial charge is 0.481 e. The van der Waals surface area contributed by atoms with Crippen LogP contribution in [0.4, 0.5) is 13.2 Å². The van der Waals surface area contributed by atoms with Gasteiger partial charge in [0.1, 0.15) is 0 Å². The molecule has 0 amide bonds. The fourth-order valence-corrected chi connectivity index (χ4v) is 1.62. The normalized spacial score (nSPS) is 12.8. The van der Waals surface area contributed by atoms with Gasteiger partial charge in [0.05, 0.1) is 5.92 Å². The van der Waals surface area contributed by atoms with Gasteiger partial charge in [-0.3, -0.25) is 4.79 Å². The number of carboxylic acid groups (broad SMARTS) is 1. The molecule has 0 saturated carbocycles. The molecule has 0 spiro atoms. The van der Waals surface area contributed by atoms with Crippen molar-refractivity contribution in [3.8, 4) is 0 Å². The van der Waals surface area contributed by atoms with Gasteiger partial charge in [0.25, 0.3) is 0 Å². The Morgan fingerprint density at radius 2 is 1.83 bits per heavy atom. The van der Waals surface area contributed by atoms with E-state index in [-0.39, 0.29) is 18.7 Å². The van der Waals surface area contributed by atoms with Crippen molar-refractivity contribution in [1.29, 1.82) is 0 Å². The van der Waals surface area contributed by atoms with E-state index in [0.29, 0.717) is 0 Å². The van der Waals surface area contributed by atoms with Crippen LogP contribution in [0.3, 0.4) is 0 Å². The van der Waals surface area contributed by atoms with Gasteiger partial charge >= 0.3 is 5.97 Å². The Morgan fingerprint density at radius 1 is 1.33 bits per heavy atom. The average Bonchev–Trinajstić information content (AvgIpc) is 2.25. The van der Waals surface area contributed by atoms with Crippen molar-refractivity contribution >= 4 is 5.97 Å². The minimum Gasteiger partial charge on any atom is -0.481 e. The maximum Gasteiger partial charge on any atom is 0.307 e. The van der Waals surface area contributed by atoms with Crippen LogP contribution in [0, 0.1) is 23.4 Å². The molecule has 1 unspecified atom stereocenters. The Morgan fingerprint density at radius 3 is 2.28 bits per heavy atom. The molecule has 0 saturated heterocycles.